The van der Waals surface area contributed by atoms with Gasteiger partial charge >= 0.3 is 0 Å². The van der Waals surface area contributed by atoms with Gasteiger partial charge in [0.15, 0.2) is 5.82 Å². The first-order valence-electron chi connectivity index (χ1n) is 4.96. The molecule has 6 nitrogen and oxygen atoms in total. The van der Waals surface area contributed by atoms with E-state index in [-0.39, 0.29) is 5.69 Å². The van der Waals surface area contributed by atoms with Gasteiger partial charge in [0.2, 0.25) is 0 Å². The van der Waals surface area contributed by atoms with Crippen LogP contribution in [0.3, 0.4) is 0 Å². The highest BCUT2D eigenvalue weighted by Gasteiger charge is 2.09. The lowest BCUT2D eigenvalue weighted by atomic mass is 10.2. The molecule has 0 atom stereocenters. The van der Waals surface area contributed by atoms with Crippen LogP contribution in [0.1, 0.15) is 11.3 Å². The van der Waals surface area contributed by atoms with Gasteiger partial charge < -0.3 is 0 Å². The largest absolute Gasteiger partial charge is 0.281 e. The number of hydrogen-bond donors (Lipinski definition) is 1. The Bertz CT molecular complexity index is 574. The maximum Gasteiger partial charge on any atom is 0.278 e. The standard InChI is InChI=1S/C11H10N4O2/c1-8-6-11(14-13-8)12-7-9-4-2-3-5-10(9)15(16)17/h2-7H,1H3,(H,13,14). The maximum absolute atomic E-state index is 10.8. The zero-order chi connectivity index (χ0) is 12.3. The quantitative estimate of drug-likeness (QED) is 0.499. The number of nitrogens with one attached hydrogen (secondary N) is 1. The normalized spacial score (nSPS) is 10.9. The molecule has 0 amide bonds. The second-order valence-corrected chi connectivity index (χ2v) is 3.48. The Hall–Kier alpha value is -2.50. The van der Waals surface area contributed by atoms with E-state index in [1.165, 1.54) is 12.3 Å². The van der Waals surface area contributed by atoms with Crippen LogP contribution in [0.2, 0.25) is 0 Å². The Labute approximate surface area is 97.2 Å². The number of rotatable bonds is 3. The number of aromatic nitrogens is 2. The van der Waals surface area contributed by atoms with Gasteiger partial charge in [0.05, 0.1) is 10.5 Å². The van der Waals surface area contributed by atoms with Crippen LogP contribution in [0, 0.1) is 17.0 Å². The summed E-state index contributed by atoms with van der Waals surface area (Å²) in [5.41, 5.74) is 1.38. The summed E-state index contributed by atoms with van der Waals surface area (Å²) in [5.74, 6) is 0.501. The second-order valence-electron chi connectivity index (χ2n) is 3.48. The molecule has 1 aromatic carbocycles. The fraction of sp³-hybridized carbons (Fsp3) is 0.0909. The van der Waals surface area contributed by atoms with Gasteiger partial charge in [-0.3, -0.25) is 15.2 Å². The summed E-state index contributed by atoms with van der Waals surface area (Å²) in [7, 11) is 0. The molecule has 2 aromatic rings. The van der Waals surface area contributed by atoms with E-state index in [0.29, 0.717) is 11.4 Å². The molecule has 0 aliphatic carbocycles. The number of para-hydroxylation sites is 1. The van der Waals surface area contributed by atoms with Gasteiger partial charge in [0, 0.05) is 24.0 Å². The molecule has 0 spiro atoms. The van der Waals surface area contributed by atoms with Crippen LogP contribution in [0.25, 0.3) is 0 Å². The Morgan fingerprint density at radius 1 is 1.47 bits per heavy atom. The topological polar surface area (TPSA) is 84.2 Å². The predicted molar refractivity (Wildman–Crippen MR) is 63.7 cm³/mol. The van der Waals surface area contributed by atoms with Gasteiger partial charge in [0.25, 0.3) is 5.69 Å². The minimum atomic E-state index is -0.433. The van der Waals surface area contributed by atoms with E-state index in [2.05, 4.69) is 15.2 Å². The molecular formula is C11H10N4O2. The van der Waals surface area contributed by atoms with Crippen molar-refractivity contribution in [2.75, 3.05) is 0 Å². The summed E-state index contributed by atoms with van der Waals surface area (Å²) < 4.78 is 0. The van der Waals surface area contributed by atoms with Crippen LogP contribution in [0.5, 0.6) is 0 Å². The molecule has 0 aliphatic heterocycles. The number of benzene rings is 1. The molecule has 1 heterocycles. The monoisotopic (exact) mass is 230 g/mol. The molecular weight excluding hydrogens is 220 g/mol. The van der Waals surface area contributed by atoms with Gasteiger partial charge in [-0.1, -0.05) is 12.1 Å². The fourth-order valence-corrected chi connectivity index (χ4v) is 1.37. The van der Waals surface area contributed by atoms with E-state index in [0.717, 1.165) is 5.69 Å². The Morgan fingerprint density at radius 2 is 2.24 bits per heavy atom. The van der Waals surface area contributed by atoms with E-state index in [4.69, 9.17) is 0 Å². The van der Waals surface area contributed by atoms with Gasteiger partial charge in [-0.25, -0.2) is 4.99 Å². The lowest BCUT2D eigenvalue weighted by Crippen LogP contribution is -1.93. The van der Waals surface area contributed by atoms with Crippen molar-refractivity contribution in [2.45, 2.75) is 6.92 Å². The van der Waals surface area contributed by atoms with Crippen LogP contribution in [-0.4, -0.2) is 21.3 Å². The van der Waals surface area contributed by atoms with E-state index in [1.807, 2.05) is 6.92 Å². The summed E-state index contributed by atoms with van der Waals surface area (Å²) in [6.07, 6.45) is 1.44. The Balaban J connectivity index is 2.30. The van der Waals surface area contributed by atoms with Crippen molar-refractivity contribution >= 4 is 17.7 Å². The third-order valence-electron chi connectivity index (χ3n) is 2.16. The highest BCUT2D eigenvalue weighted by molar-refractivity contribution is 5.86. The molecule has 0 radical (unpaired) electrons. The number of nitro benzene ring substituents is 1. The Kier molecular flexibility index (Phi) is 2.95. The average molecular weight is 230 g/mol. The van der Waals surface area contributed by atoms with E-state index in [9.17, 15) is 10.1 Å². The van der Waals surface area contributed by atoms with Crippen molar-refractivity contribution in [3.8, 4) is 0 Å². The van der Waals surface area contributed by atoms with Crippen LogP contribution >= 0.6 is 0 Å². The minimum absolute atomic E-state index is 0.0310. The number of nitro groups is 1. The van der Waals surface area contributed by atoms with Crippen molar-refractivity contribution in [3.05, 3.63) is 51.7 Å². The number of aliphatic imine (C=N–C) groups is 1. The minimum Gasteiger partial charge on any atom is -0.281 e. The summed E-state index contributed by atoms with van der Waals surface area (Å²) in [5, 5.41) is 17.4. The summed E-state index contributed by atoms with van der Waals surface area (Å²) in [6.45, 7) is 1.86. The van der Waals surface area contributed by atoms with Crippen molar-refractivity contribution in [1.82, 2.24) is 10.2 Å². The lowest BCUT2D eigenvalue weighted by molar-refractivity contribution is -0.385. The average Bonchev–Trinajstić information content (AvgIpc) is 2.73. The molecule has 86 valence electrons. The zero-order valence-corrected chi connectivity index (χ0v) is 9.12. The molecule has 0 aliphatic rings. The first kappa shape index (κ1) is 11.0. The number of aryl methyl sites for hydroxylation is 1. The molecule has 0 bridgehead atoms. The zero-order valence-electron chi connectivity index (χ0n) is 9.12. The first-order chi connectivity index (χ1) is 8.16. The van der Waals surface area contributed by atoms with Crippen LogP contribution in [0.4, 0.5) is 11.5 Å². The van der Waals surface area contributed by atoms with Gasteiger partial charge in [-0.05, 0) is 13.0 Å². The van der Waals surface area contributed by atoms with E-state index >= 15 is 0 Å². The summed E-state index contributed by atoms with van der Waals surface area (Å²) >= 11 is 0. The van der Waals surface area contributed by atoms with Gasteiger partial charge in [-0.15, -0.1) is 0 Å². The molecule has 2 rings (SSSR count). The molecule has 17 heavy (non-hydrogen) atoms. The molecule has 6 heteroatoms. The van der Waals surface area contributed by atoms with Crippen LogP contribution < -0.4 is 0 Å². The third-order valence-corrected chi connectivity index (χ3v) is 2.16. The highest BCUT2D eigenvalue weighted by atomic mass is 16.6. The molecule has 0 unspecified atom stereocenters. The van der Waals surface area contributed by atoms with Crippen LogP contribution in [-0.2, 0) is 0 Å². The third kappa shape index (κ3) is 2.54. The van der Waals surface area contributed by atoms with Crippen molar-refractivity contribution in [2.24, 2.45) is 4.99 Å². The van der Waals surface area contributed by atoms with Crippen molar-refractivity contribution in [1.29, 1.82) is 0 Å². The fourth-order valence-electron chi connectivity index (χ4n) is 1.37. The number of hydrogen-bond acceptors (Lipinski definition) is 4. The maximum atomic E-state index is 10.8. The van der Waals surface area contributed by atoms with Crippen molar-refractivity contribution < 1.29 is 4.92 Å². The molecule has 1 N–H and O–H groups in total. The molecule has 0 saturated heterocycles. The first-order valence-corrected chi connectivity index (χ1v) is 4.96. The number of H-pyrrole nitrogens is 1. The van der Waals surface area contributed by atoms with E-state index in [1.54, 1.807) is 24.3 Å². The molecule has 0 fully saturated rings. The highest BCUT2D eigenvalue weighted by Crippen LogP contribution is 2.16. The molecule has 1 aromatic heterocycles. The smallest absolute Gasteiger partial charge is 0.278 e. The van der Waals surface area contributed by atoms with Gasteiger partial charge in [-0.2, -0.15) is 5.10 Å². The van der Waals surface area contributed by atoms with E-state index < -0.39 is 4.92 Å². The number of nitrogens with zero attached hydrogens (tertiary/aromatic N) is 3. The van der Waals surface area contributed by atoms with Crippen LogP contribution in [0.15, 0.2) is 35.3 Å². The second kappa shape index (κ2) is 4.56. The molecule has 0 saturated carbocycles. The SMILES string of the molecule is Cc1cc(N=Cc2ccccc2[N+](=O)[O-])n[nH]1. The predicted octanol–water partition coefficient (Wildman–Crippen LogP) is 2.38. The van der Waals surface area contributed by atoms with Crippen molar-refractivity contribution in [3.63, 3.8) is 0 Å². The summed E-state index contributed by atoms with van der Waals surface area (Å²) in [6, 6.07) is 8.18. The Morgan fingerprint density at radius 3 is 2.88 bits per heavy atom. The lowest BCUT2D eigenvalue weighted by Gasteiger charge is -1.94. The number of aromatic amines is 1. The van der Waals surface area contributed by atoms with Gasteiger partial charge in [0.1, 0.15) is 0 Å². The summed E-state index contributed by atoms with van der Waals surface area (Å²) in [4.78, 5) is 14.4.